The lowest BCUT2D eigenvalue weighted by Crippen LogP contribution is -2.46. The summed E-state index contributed by atoms with van der Waals surface area (Å²) in [7, 11) is 0. The average Bonchev–Trinajstić information content (AvgIpc) is 2.90. The van der Waals surface area contributed by atoms with E-state index in [9.17, 15) is 9.59 Å². The van der Waals surface area contributed by atoms with Crippen molar-refractivity contribution in [3.05, 3.63) is 24.2 Å². The molecule has 2 rings (SSSR count). The van der Waals surface area contributed by atoms with Gasteiger partial charge in [-0.1, -0.05) is 0 Å². The smallest absolute Gasteiger partial charge is 0.243 e. The third-order valence-corrected chi connectivity index (χ3v) is 2.97. The molecule has 5 heteroatoms. The number of nitrogens with zero attached hydrogens (tertiary/aromatic N) is 1. The monoisotopic (exact) mass is 250 g/mol. The second-order valence-corrected chi connectivity index (χ2v) is 4.82. The Morgan fingerprint density at radius 2 is 2.39 bits per heavy atom. The minimum Gasteiger partial charge on any atom is -0.467 e. The number of furan rings is 1. The van der Waals surface area contributed by atoms with Crippen molar-refractivity contribution in [1.29, 1.82) is 0 Å². The molecule has 1 aromatic heterocycles. The summed E-state index contributed by atoms with van der Waals surface area (Å²) in [5, 5.41) is 2.85. The van der Waals surface area contributed by atoms with Crippen LogP contribution in [0.5, 0.6) is 0 Å². The van der Waals surface area contributed by atoms with Gasteiger partial charge in [-0.2, -0.15) is 0 Å². The SMILES string of the molecule is CC(C)NC(=O)[C@@H]1CCC(=O)N1Cc1ccco1. The molecular weight excluding hydrogens is 232 g/mol. The van der Waals surface area contributed by atoms with Gasteiger partial charge < -0.3 is 14.6 Å². The van der Waals surface area contributed by atoms with Crippen molar-refractivity contribution >= 4 is 11.8 Å². The highest BCUT2D eigenvalue weighted by molar-refractivity contribution is 5.90. The van der Waals surface area contributed by atoms with Gasteiger partial charge in [0.1, 0.15) is 11.8 Å². The zero-order chi connectivity index (χ0) is 13.1. The second kappa shape index (κ2) is 5.25. The Labute approximate surface area is 106 Å². The Morgan fingerprint density at radius 3 is 3.00 bits per heavy atom. The van der Waals surface area contributed by atoms with Crippen molar-refractivity contribution in [2.24, 2.45) is 0 Å². The van der Waals surface area contributed by atoms with Gasteiger partial charge in [-0.05, 0) is 32.4 Å². The lowest BCUT2D eigenvalue weighted by atomic mass is 10.2. The fourth-order valence-corrected chi connectivity index (χ4v) is 2.16. The summed E-state index contributed by atoms with van der Waals surface area (Å²) in [5.74, 6) is 0.630. The number of hydrogen-bond donors (Lipinski definition) is 1. The standard InChI is InChI=1S/C13H18N2O3/c1-9(2)14-13(17)11-5-6-12(16)15(11)8-10-4-3-7-18-10/h3-4,7,9,11H,5-6,8H2,1-2H3,(H,14,17)/t11-/m0/s1. The zero-order valence-corrected chi connectivity index (χ0v) is 10.7. The van der Waals surface area contributed by atoms with E-state index < -0.39 is 0 Å². The molecule has 0 unspecified atom stereocenters. The van der Waals surface area contributed by atoms with Gasteiger partial charge in [0.15, 0.2) is 0 Å². The molecule has 5 nitrogen and oxygen atoms in total. The van der Waals surface area contributed by atoms with Gasteiger partial charge in [0.25, 0.3) is 0 Å². The van der Waals surface area contributed by atoms with Gasteiger partial charge in [-0.15, -0.1) is 0 Å². The minimum absolute atomic E-state index is 0.00954. The second-order valence-electron chi connectivity index (χ2n) is 4.82. The quantitative estimate of drug-likeness (QED) is 0.876. The van der Waals surface area contributed by atoms with E-state index in [1.807, 2.05) is 19.9 Å². The first-order valence-corrected chi connectivity index (χ1v) is 6.20. The summed E-state index contributed by atoms with van der Waals surface area (Å²) in [6.07, 6.45) is 2.58. The molecule has 0 bridgehead atoms. The summed E-state index contributed by atoms with van der Waals surface area (Å²) < 4.78 is 5.23. The van der Waals surface area contributed by atoms with Crippen molar-refractivity contribution in [2.75, 3.05) is 0 Å². The zero-order valence-electron chi connectivity index (χ0n) is 10.7. The Balaban J connectivity index is 2.05. The minimum atomic E-state index is -0.370. The van der Waals surface area contributed by atoms with Gasteiger partial charge in [0.05, 0.1) is 12.8 Å². The molecule has 1 atom stereocenters. The van der Waals surface area contributed by atoms with E-state index in [1.165, 1.54) is 0 Å². The Kier molecular flexibility index (Phi) is 3.69. The van der Waals surface area contributed by atoms with Crippen LogP contribution in [0, 0.1) is 0 Å². The molecule has 2 heterocycles. The molecular formula is C13H18N2O3. The van der Waals surface area contributed by atoms with Crippen LogP contribution in [-0.4, -0.2) is 28.8 Å². The predicted octanol–water partition coefficient (Wildman–Crippen LogP) is 1.30. The number of nitrogens with one attached hydrogen (secondary N) is 1. The van der Waals surface area contributed by atoms with Crippen LogP contribution in [0.1, 0.15) is 32.4 Å². The van der Waals surface area contributed by atoms with Crippen molar-refractivity contribution in [2.45, 2.75) is 45.3 Å². The number of amides is 2. The average molecular weight is 250 g/mol. The first kappa shape index (κ1) is 12.7. The van der Waals surface area contributed by atoms with Gasteiger partial charge >= 0.3 is 0 Å². The maximum Gasteiger partial charge on any atom is 0.243 e. The summed E-state index contributed by atoms with van der Waals surface area (Å²) >= 11 is 0. The van der Waals surface area contributed by atoms with Gasteiger partial charge in [-0.3, -0.25) is 9.59 Å². The maximum absolute atomic E-state index is 12.0. The Hall–Kier alpha value is -1.78. The fraction of sp³-hybridized carbons (Fsp3) is 0.538. The van der Waals surface area contributed by atoms with Crippen molar-refractivity contribution in [3.63, 3.8) is 0 Å². The molecule has 1 aromatic rings. The van der Waals surface area contributed by atoms with Crippen LogP contribution in [0.3, 0.4) is 0 Å². The highest BCUT2D eigenvalue weighted by atomic mass is 16.3. The van der Waals surface area contributed by atoms with Crippen LogP contribution in [0.15, 0.2) is 22.8 Å². The highest BCUT2D eigenvalue weighted by Gasteiger charge is 2.36. The molecule has 0 aliphatic carbocycles. The lowest BCUT2D eigenvalue weighted by Gasteiger charge is -2.24. The van der Waals surface area contributed by atoms with Crippen molar-refractivity contribution in [3.8, 4) is 0 Å². The number of carbonyl (C=O) groups excluding carboxylic acids is 2. The van der Waals surface area contributed by atoms with Crippen LogP contribution in [-0.2, 0) is 16.1 Å². The fourth-order valence-electron chi connectivity index (χ4n) is 2.16. The van der Waals surface area contributed by atoms with Crippen molar-refractivity contribution < 1.29 is 14.0 Å². The van der Waals surface area contributed by atoms with Crippen LogP contribution < -0.4 is 5.32 Å². The van der Waals surface area contributed by atoms with Crippen LogP contribution in [0.4, 0.5) is 0 Å². The Morgan fingerprint density at radius 1 is 1.61 bits per heavy atom. The Bertz CT molecular complexity index is 425. The van der Waals surface area contributed by atoms with E-state index in [0.717, 1.165) is 0 Å². The molecule has 1 N–H and O–H groups in total. The molecule has 1 fully saturated rings. The molecule has 1 saturated heterocycles. The van der Waals surface area contributed by atoms with E-state index in [0.29, 0.717) is 25.1 Å². The summed E-state index contributed by atoms with van der Waals surface area (Å²) in [4.78, 5) is 25.4. The van der Waals surface area contributed by atoms with Crippen LogP contribution in [0.25, 0.3) is 0 Å². The molecule has 0 spiro atoms. The molecule has 1 aliphatic rings. The van der Waals surface area contributed by atoms with E-state index in [4.69, 9.17) is 4.42 Å². The molecule has 2 amide bonds. The van der Waals surface area contributed by atoms with E-state index in [2.05, 4.69) is 5.32 Å². The van der Waals surface area contributed by atoms with E-state index in [1.54, 1.807) is 17.2 Å². The van der Waals surface area contributed by atoms with Gasteiger partial charge in [0, 0.05) is 12.5 Å². The third kappa shape index (κ3) is 2.72. The number of likely N-dealkylation sites (tertiary alicyclic amines) is 1. The highest BCUT2D eigenvalue weighted by Crippen LogP contribution is 2.21. The predicted molar refractivity (Wildman–Crippen MR) is 65.6 cm³/mol. The first-order chi connectivity index (χ1) is 8.58. The molecule has 0 aromatic carbocycles. The third-order valence-electron chi connectivity index (χ3n) is 2.97. The molecule has 0 radical (unpaired) electrons. The summed E-state index contributed by atoms with van der Waals surface area (Å²) in [5.41, 5.74) is 0. The molecule has 18 heavy (non-hydrogen) atoms. The normalized spacial score (nSPS) is 19.6. The first-order valence-electron chi connectivity index (χ1n) is 6.20. The largest absolute Gasteiger partial charge is 0.467 e. The van der Waals surface area contributed by atoms with Crippen molar-refractivity contribution in [1.82, 2.24) is 10.2 Å². The van der Waals surface area contributed by atoms with E-state index in [-0.39, 0.29) is 23.9 Å². The van der Waals surface area contributed by atoms with Crippen LogP contribution >= 0.6 is 0 Å². The maximum atomic E-state index is 12.0. The molecule has 0 saturated carbocycles. The number of hydrogen-bond acceptors (Lipinski definition) is 3. The number of rotatable bonds is 4. The van der Waals surface area contributed by atoms with Gasteiger partial charge in [-0.25, -0.2) is 0 Å². The number of carbonyl (C=O) groups is 2. The molecule has 1 aliphatic heterocycles. The van der Waals surface area contributed by atoms with Crippen LogP contribution in [0.2, 0.25) is 0 Å². The van der Waals surface area contributed by atoms with E-state index >= 15 is 0 Å². The summed E-state index contributed by atoms with van der Waals surface area (Å²) in [6.45, 7) is 4.18. The lowest BCUT2D eigenvalue weighted by molar-refractivity contribution is -0.136. The van der Waals surface area contributed by atoms with Gasteiger partial charge in [0.2, 0.25) is 11.8 Å². The molecule has 98 valence electrons. The summed E-state index contributed by atoms with van der Waals surface area (Å²) in [6, 6.07) is 3.30. The topological polar surface area (TPSA) is 62.6 Å².